The molecule has 0 unspecified atom stereocenters. The van der Waals surface area contributed by atoms with Gasteiger partial charge in [0, 0.05) is 29.6 Å². The van der Waals surface area contributed by atoms with Crippen LogP contribution in [0.25, 0.3) is 0 Å². The highest BCUT2D eigenvalue weighted by Gasteiger charge is 2.28. The Hall–Kier alpha value is -3.14. The maximum absolute atomic E-state index is 13.1. The van der Waals surface area contributed by atoms with Crippen molar-refractivity contribution in [2.75, 3.05) is 0 Å². The second kappa shape index (κ2) is 8.08. The van der Waals surface area contributed by atoms with E-state index < -0.39 is 0 Å². The first-order valence-corrected chi connectivity index (χ1v) is 10.2. The van der Waals surface area contributed by atoms with Crippen molar-refractivity contribution in [3.05, 3.63) is 94.3 Å². The molecule has 0 saturated heterocycles. The molecule has 0 aliphatic heterocycles. The van der Waals surface area contributed by atoms with Gasteiger partial charge in [0.25, 0.3) is 5.91 Å². The van der Waals surface area contributed by atoms with Gasteiger partial charge >= 0.3 is 0 Å². The molecule has 2 N–H and O–H groups in total. The molecule has 4 rings (SSSR count). The van der Waals surface area contributed by atoms with Crippen LogP contribution in [0.4, 0.5) is 0 Å². The van der Waals surface area contributed by atoms with Gasteiger partial charge in [-0.15, -0.1) is 0 Å². The van der Waals surface area contributed by atoms with Crippen molar-refractivity contribution in [1.82, 2.24) is 10.3 Å². The highest BCUT2D eigenvalue weighted by Crippen LogP contribution is 2.29. The number of nitrogens with one attached hydrogen (secondary N) is 2. The lowest BCUT2D eigenvalue weighted by Crippen LogP contribution is -2.38. The Morgan fingerprint density at radius 1 is 0.966 bits per heavy atom. The van der Waals surface area contributed by atoms with E-state index in [0.29, 0.717) is 12.1 Å². The summed E-state index contributed by atoms with van der Waals surface area (Å²) in [6, 6.07) is 20.3. The fourth-order valence-corrected chi connectivity index (χ4v) is 4.45. The van der Waals surface area contributed by atoms with E-state index in [4.69, 9.17) is 0 Å². The van der Waals surface area contributed by atoms with Gasteiger partial charge in [-0.3, -0.25) is 9.59 Å². The molecule has 1 aliphatic carbocycles. The summed E-state index contributed by atoms with van der Waals surface area (Å²) in [5.74, 6) is 0.0143. The van der Waals surface area contributed by atoms with E-state index in [1.54, 1.807) is 0 Å². The zero-order valence-corrected chi connectivity index (χ0v) is 16.9. The summed E-state index contributed by atoms with van der Waals surface area (Å²) >= 11 is 0. The SMILES string of the molecule is Cc1c(C(=O)N[C@@H](C)C(c2ccccc2)c2ccccc2)[nH]c2c1C(=O)CCC2. The van der Waals surface area contributed by atoms with Crippen molar-refractivity contribution in [2.45, 2.75) is 45.1 Å². The van der Waals surface area contributed by atoms with Crippen molar-refractivity contribution < 1.29 is 9.59 Å². The fourth-order valence-electron chi connectivity index (χ4n) is 4.45. The number of aryl methyl sites for hydroxylation is 1. The monoisotopic (exact) mass is 386 g/mol. The quantitative estimate of drug-likeness (QED) is 0.662. The Morgan fingerprint density at radius 3 is 2.10 bits per heavy atom. The van der Waals surface area contributed by atoms with Crippen molar-refractivity contribution in [3.63, 3.8) is 0 Å². The summed E-state index contributed by atoms with van der Waals surface area (Å²) in [7, 11) is 0. The van der Waals surface area contributed by atoms with Crippen molar-refractivity contribution >= 4 is 11.7 Å². The van der Waals surface area contributed by atoms with Gasteiger partial charge in [-0.1, -0.05) is 60.7 Å². The number of carbonyl (C=O) groups excluding carboxylic acids is 2. The summed E-state index contributed by atoms with van der Waals surface area (Å²) in [6.45, 7) is 3.90. The zero-order chi connectivity index (χ0) is 20.4. The predicted molar refractivity (Wildman–Crippen MR) is 114 cm³/mol. The summed E-state index contributed by atoms with van der Waals surface area (Å²) in [6.07, 6.45) is 2.22. The number of aromatic nitrogens is 1. The average molecular weight is 386 g/mol. The first-order chi connectivity index (χ1) is 14.1. The molecular weight excluding hydrogens is 360 g/mol. The number of ketones is 1. The minimum atomic E-state index is -0.158. The van der Waals surface area contributed by atoms with Crippen LogP contribution in [0.15, 0.2) is 60.7 Å². The Morgan fingerprint density at radius 2 is 1.55 bits per heavy atom. The molecule has 3 aromatic rings. The number of amides is 1. The van der Waals surface area contributed by atoms with Gasteiger partial charge in [0.05, 0.1) is 0 Å². The molecule has 1 atom stereocenters. The number of aromatic amines is 1. The molecule has 0 fully saturated rings. The molecule has 1 aliphatic rings. The van der Waals surface area contributed by atoms with E-state index in [9.17, 15) is 9.59 Å². The van der Waals surface area contributed by atoms with E-state index in [1.807, 2.05) is 50.2 Å². The lowest BCUT2D eigenvalue weighted by atomic mass is 9.85. The average Bonchev–Trinajstić information content (AvgIpc) is 3.08. The van der Waals surface area contributed by atoms with E-state index in [1.165, 1.54) is 0 Å². The topological polar surface area (TPSA) is 62.0 Å². The molecule has 1 heterocycles. The van der Waals surface area contributed by atoms with Crippen LogP contribution < -0.4 is 5.32 Å². The molecule has 0 bridgehead atoms. The molecule has 0 saturated carbocycles. The highest BCUT2D eigenvalue weighted by atomic mass is 16.2. The van der Waals surface area contributed by atoms with Crippen LogP contribution in [0.5, 0.6) is 0 Å². The first kappa shape index (κ1) is 19.2. The molecule has 0 spiro atoms. The fraction of sp³-hybridized carbons (Fsp3) is 0.280. The highest BCUT2D eigenvalue weighted by molar-refractivity contribution is 6.04. The van der Waals surface area contributed by atoms with Gasteiger partial charge in [-0.2, -0.15) is 0 Å². The van der Waals surface area contributed by atoms with Gasteiger partial charge < -0.3 is 10.3 Å². The summed E-state index contributed by atoms with van der Waals surface area (Å²) in [4.78, 5) is 28.6. The standard InChI is InChI=1S/C25H26N2O2/c1-16-22-20(14-9-15-21(22)28)27-24(16)25(29)26-17(2)23(18-10-5-3-6-11-18)19-12-7-4-8-13-19/h3-8,10-13,17,23,27H,9,14-15H2,1-2H3,(H,26,29)/t17-/m0/s1. The third-order valence-electron chi connectivity index (χ3n) is 5.84. The molecule has 2 aromatic carbocycles. The van der Waals surface area contributed by atoms with Crippen LogP contribution in [0.1, 0.15) is 68.9 Å². The first-order valence-electron chi connectivity index (χ1n) is 10.2. The minimum Gasteiger partial charge on any atom is -0.354 e. The Bertz CT molecular complexity index is 982. The third-order valence-corrected chi connectivity index (χ3v) is 5.84. The van der Waals surface area contributed by atoms with E-state index in [0.717, 1.165) is 40.8 Å². The molecule has 0 radical (unpaired) electrons. The number of rotatable bonds is 5. The van der Waals surface area contributed by atoms with Crippen LogP contribution in [-0.4, -0.2) is 22.7 Å². The maximum Gasteiger partial charge on any atom is 0.268 e. The van der Waals surface area contributed by atoms with Gasteiger partial charge in [-0.05, 0) is 43.4 Å². The second-order valence-electron chi connectivity index (χ2n) is 7.82. The molecule has 1 amide bonds. The van der Waals surface area contributed by atoms with Crippen LogP contribution in [-0.2, 0) is 6.42 Å². The van der Waals surface area contributed by atoms with Gasteiger partial charge in [0.1, 0.15) is 5.69 Å². The van der Waals surface area contributed by atoms with Crippen molar-refractivity contribution in [1.29, 1.82) is 0 Å². The largest absolute Gasteiger partial charge is 0.354 e. The van der Waals surface area contributed by atoms with Gasteiger partial charge in [0.2, 0.25) is 0 Å². The lowest BCUT2D eigenvalue weighted by Gasteiger charge is -2.26. The lowest BCUT2D eigenvalue weighted by molar-refractivity contribution is 0.0931. The van der Waals surface area contributed by atoms with Crippen LogP contribution >= 0.6 is 0 Å². The van der Waals surface area contributed by atoms with Gasteiger partial charge in [0.15, 0.2) is 5.78 Å². The van der Waals surface area contributed by atoms with Crippen LogP contribution in [0.2, 0.25) is 0 Å². The van der Waals surface area contributed by atoms with Crippen molar-refractivity contribution in [3.8, 4) is 0 Å². The number of H-pyrrole nitrogens is 1. The summed E-state index contributed by atoms with van der Waals surface area (Å²) < 4.78 is 0. The molecule has 148 valence electrons. The van der Waals surface area contributed by atoms with Crippen LogP contribution in [0.3, 0.4) is 0 Å². The maximum atomic E-state index is 13.1. The van der Waals surface area contributed by atoms with Crippen LogP contribution in [0, 0.1) is 6.92 Å². The number of carbonyl (C=O) groups is 2. The molecule has 4 heteroatoms. The number of Topliss-reactive ketones (excluding diaryl/α,β-unsaturated/α-hetero) is 1. The summed E-state index contributed by atoms with van der Waals surface area (Å²) in [5, 5.41) is 3.18. The zero-order valence-electron chi connectivity index (χ0n) is 16.9. The van der Waals surface area contributed by atoms with Gasteiger partial charge in [-0.25, -0.2) is 0 Å². The summed E-state index contributed by atoms with van der Waals surface area (Å²) in [5.41, 5.74) is 5.21. The molecule has 29 heavy (non-hydrogen) atoms. The van der Waals surface area contributed by atoms with E-state index in [2.05, 4.69) is 34.6 Å². The predicted octanol–water partition coefficient (Wildman–Crippen LogP) is 4.79. The Kier molecular flexibility index (Phi) is 5.34. The number of fused-ring (bicyclic) bond motifs is 1. The molecule has 4 nitrogen and oxygen atoms in total. The second-order valence-corrected chi connectivity index (χ2v) is 7.82. The minimum absolute atomic E-state index is 0.0351. The molecular formula is C25H26N2O2. The Balaban J connectivity index is 1.62. The number of benzene rings is 2. The van der Waals surface area contributed by atoms with E-state index >= 15 is 0 Å². The normalized spacial score (nSPS) is 14.5. The third kappa shape index (κ3) is 3.75. The Labute approximate surface area is 171 Å². The van der Waals surface area contributed by atoms with Crippen molar-refractivity contribution in [2.24, 2.45) is 0 Å². The smallest absolute Gasteiger partial charge is 0.268 e. The van der Waals surface area contributed by atoms with E-state index in [-0.39, 0.29) is 23.7 Å². The number of hydrogen-bond donors (Lipinski definition) is 2. The number of hydrogen-bond acceptors (Lipinski definition) is 2. The molecule has 1 aromatic heterocycles.